The molecule has 0 N–H and O–H groups in total. The first-order valence-corrected chi connectivity index (χ1v) is 11.0. The number of rotatable bonds is 3. The van der Waals surface area contributed by atoms with Gasteiger partial charge in [-0.1, -0.05) is 0 Å². The lowest BCUT2D eigenvalue weighted by Gasteiger charge is -2.33. The second-order valence-corrected chi connectivity index (χ2v) is 9.62. The van der Waals surface area contributed by atoms with E-state index in [9.17, 15) is 18.0 Å². The van der Waals surface area contributed by atoms with Gasteiger partial charge in [0.2, 0.25) is 5.88 Å². The number of alkyl halides is 3. The Morgan fingerprint density at radius 2 is 1.84 bits per heavy atom. The van der Waals surface area contributed by atoms with Crippen molar-refractivity contribution in [2.45, 2.75) is 51.5 Å². The molecule has 0 aliphatic carbocycles. The first kappa shape index (κ1) is 22.4. The molecule has 4 heterocycles. The smallest absolute Gasteiger partial charge is 0.425 e. The summed E-state index contributed by atoms with van der Waals surface area (Å²) in [7, 11) is 0. The maximum Gasteiger partial charge on any atom is 0.425 e. The van der Waals surface area contributed by atoms with Gasteiger partial charge in [-0.25, -0.2) is 14.3 Å². The number of fused-ring (bicyclic) bond motifs is 1. The fourth-order valence-electron chi connectivity index (χ4n) is 3.37. The number of amides is 1. The lowest BCUT2D eigenvalue weighted by atomic mass is 10.1. The number of carbonyl (C=O) groups is 1. The Morgan fingerprint density at radius 1 is 1.12 bits per heavy atom. The molecule has 3 aromatic rings. The van der Waals surface area contributed by atoms with Crippen LogP contribution in [-0.4, -0.2) is 50.4 Å². The molecule has 1 aliphatic rings. The molecule has 0 radical (unpaired) electrons. The molecule has 0 bridgehead atoms. The number of imidazole rings is 1. The van der Waals surface area contributed by atoms with Crippen molar-refractivity contribution >= 4 is 23.1 Å². The van der Waals surface area contributed by atoms with Crippen LogP contribution in [0.5, 0.6) is 5.88 Å². The van der Waals surface area contributed by atoms with Gasteiger partial charge >= 0.3 is 12.3 Å². The first-order chi connectivity index (χ1) is 15.0. The molecular formula is C21H23F3N4O3S. The topological polar surface area (TPSA) is 69.0 Å². The number of carbonyl (C=O) groups excluding carboxylic acids is 1. The normalized spacial score (nSPS) is 15.9. The molecule has 1 amide bonds. The monoisotopic (exact) mass is 468 g/mol. The Kier molecular flexibility index (Phi) is 5.78. The second-order valence-electron chi connectivity index (χ2n) is 8.53. The van der Waals surface area contributed by atoms with E-state index < -0.39 is 16.7 Å². The fraction of sp³-hybridized carbons (Fsp3) is 0.476. The number of aromatic nitrogens is 3. The van der Waals surface area contributed by atoms with Crippen LogP contribution in [-0.2, 0) is 10.9 Å². The maximum atomic E-state index is 13.0. The molecule has 0 unspecified atom stereocenters. The highest BCUT2D eigenvalue weighted by atomic mass is 32.1. The Labute approximate surface area is 186 Å². The highest BCUT2D eigenvalue weighted by Crippen LogP contribution is 2.38. The minimum atomic E-state index is -4.39. The van der Waals surface area contributed by atoms with Gasteiger partial charge < -0.3 is 14.4 Å². The molecule has 7 nitrogen and oxygen atoms in total. The van der Waals surface area contributed by atoms with Crippen LogP contribution in [0.3, 0.4) is 0 Å². The van der Waals surface area contributed by atoms with E-state index in [0.29, 0.717) is 59.4 Å². The van der Waals surface area contributed by atoms with E-state index in [2.05, 4.69) is 10.1 Å². The van der Waals surface area contributed by atoms with Crippen LogP contribution in [0.4, 0.5) is 18.0 Å². The molecule has 172 valence electrons. The van der Waals surface area contributed by atoms with Gasteiger partial charge in [-0.15, -0.1) is 16.4 Å². The minimum Gasteiger partial charge on any atom is -0.473 e. The summed E-state index contributed by atoms with van der Waals surface area (Å²) >= 11 is 0.645. The van der Waals surface area contributed by atoms with Crippen molar-refractivity contribution in [3.05, 3.63) is 35.3 Å². The maximum absolute atomic E-state index is 13.0. The zero-order chi connectivity index (χ0) is 23.1. The molecule has 0 saturated carbocycles. The van der Waals surface area contributed by atoms with Crippen LogP contribution >= 0.6 is 11.3 Å². The highest BCUT2D eigenvalue weighted by Gasteiger charge is 2.33. The zero-order valence-corrected chi connectivity index (χ0v) is 18.7. The van der Waals surface area contributed by atoms with Crippen LogP contribution in [0, 0.1) is 0 Å². The van der Waals surface area contributed by atoms with Gasteiger partial charge in [0.25, 0.3) is 0 Å². The van der Waals surface area contributed by atoms with Gasteiger partial charge in [0.1, 0.15) is 22.3 Å². The van der Waals surface area contributed by atoms with Gasteiger partial charge in [-0.2, -0.15) is 13.2 Å². The largest absolute Gasteiger partial charge is 0.473 e. The number of nitrogens with zero attached hydrogens (tertiary/aromatic N) is 4. The summed E-state index contributed by atoms with van der Waals surface area (Å²) in [6, 6.07) is 5.86. The van der Waals surface area contributed by atoms with Crippen molar-refractivity contribution < 1.29 is 27.4 Å². The van der Waals surface area contributed by atoms with Gasteiger partial charge in [0.15, 0.2) is 5.65 Å². The number of thiophene rings is 1. The number of ether oxygens (including phenoxy) is 2. The molecule has 0 atom stereocenters. The SMILES string of the molecule is CC(C)(C)OC(=O)N1CCC(Oc2ccc3ncc(-c4ccc(C(F)(F)F)s4)n3n2)CC1. The molecule has 0 spiro atoms. The van der Waals surface area contributed by atoms with Crippen molar-refractivity contribution in [2.75, 3.05) is 13.1 Å². The summed E-state index contributed by atoms with van der Waals surface area (Å²) in [5.41, 5.74) is 0.426. The lowest BCUT2D eigenvalue weighted by Crippen LogP contribution is -2.44. The molecule has 1 aliphatic heterocycles. The molecule has 32 heavy (non-hydrogen) atoms. The van der Waals surface area contributed by atoms with E-state index in [4.69, 9.17) is 9.47 Å². The predicted molar refractivity (Wildman–Crippen MR) is 113 cm³/mol. The van der Waals surface area contributed by atoms with E-state index >= 15 is 0 Å². The Bertz CT molecular complexity index is 1110. The molecule has 11 heteroatoms. The zero-order valence-electron chi connectivity index (χ0n) is 17.8. The Morgan fingerprint density at radius 3 is 2.47 bits per heavy atom. The molecule has 4 rings (SSSR count). The van der Waals surface area contributed by atoms with E-state index in [1.807, 2.05) is 20.8 Å². The van der Waals surface area contributed by atoms with E-state index in [-0.39, 0.29) is 12.2 Å². The second kappa shape index (κ2) is 8.27. The summed E-state index contributed by atoms with van der Waals surface area (Å²) in [5.74, 6) is 0.347. The van der Waals surface area contributed by atoms with Gasteiger partial charge in [-0.05, 0) is 39.0 Å². The highest BCUT2D eigenvalue weighted by molar-refractivity contribution is 7.15. The standard InChI is InChI=1S/C21H23F3N4O3S/c1-20(2,3)31-19(29)27-10-8-13(9-11-27)30-18-7-6-17-25-12-14(28(17)26-18)15-4-5-16(32-15)21(22,23)24/h4-7,12-13H,8-11H2,1-3H3. The summed E-state index contributed by atoms with van der Waals surface area (Å²) < 4.78 is 51.8. The third kappa shape index (κ3) is 4.98. The van der Waals surface area contributed by atoms with Gasteiger partial charge in [0, 0.05) is 32.0 Å². The summed E-state index contributed by atoms with van der Waals surface area (Å²) in [6.45, 7) is 6.49. The van der Waals surface area contributed by atoms with E-state index in [1.165, 1.54) is 16.8 Å². The number of halogens is 3. The first-order valence-electron chi connectivity index (χ1n) is 10.2. The lowest BCUT2D eigenvalue weighted by molar-refractivity contribution is -0.134. The van der Waals surface area contributed by atoms with Crippen LogP contribution in [0.2, 0.25) is 0 Å². The van der Waals surface area contributed by atoms with Crippen LogP contribution < -0.4 is 4.74 Å². The quantitative estimate of drug-likeness (QED) is 0.525. The molecule has 3 aromatic heterocycles. The third-order valence-corrected chi connectivity index (χ3v) is 6.01. The van der Waals surface area contributed by atoms with Crippen molar-refractivity contribution in [3.63, 3.8) is 0 Å². The van der Waals surface area contributed by atoms with Crippen LogP contribution in [0.25, 0.3) is 16.2 Å². The molecule has 1 saturated heterocycles. The van der Waals surface area contributed by atoms with Crippen molar-refractivity contribution in [1.29, 1.82) is 0 Å². The summed E-state index contributed by atoms with van der Waals surface area (Å²) in [5, 5.41) is 4.43. The summed E-state index contributed by atoms with van der Waals surface area (Å²) in [4.78, 5) is 17.8. The minimum absolute atomic E-state index is 0.135. The van der Waals surface area contributed by atoms with E-state index in [1.54, 1.807) is 17.0 Å². The van der Waals surface area contributed by atoms with Crippen molar-refractivity contribution in [1.82, 2.24) is 19.5 Å². The predicted octanol–water partition coefficient (Wildman–Crippen LogP) is 5.25. The van der Waals surface area contributed by atoms with Gasteiger partial charge in [-0.3, -0.25) is 0 Å². The van der Waals surface area contributed by atoms with E-state index in [0.717, 1.165) is 6.07 Å². The fourth-order valence-corrected chi connectivity index (χ4v) is 4.24. The van der Waals surface area contributed by atoms with Crippen molar-refractivity contribution in [3.8, 4) is 16.5 Å². The summed E-state index contributed by atoms with van der Waals surface area (Å²) in [6.07, 6.45) is -2.13. The third-order valence-electron chi connectivity index (χ3n) is 4.86. The number of likely N-dealkylation sites (tertiary alicyclic amines) is 1. The Hall–Kier alpha value is -2.82. The average Bonchev–Trinajstić information content (AvgIpc) is 3.33. The molecule has 0 aromatic carbocycles. The van der Waals surface area contributed by atoms with Crippen LogP contribution in [0.15, 0.2) is 30.5 Å². The van der Waals surface area contributed by atoms with Crippen LogP contribution in [0.1, 0.15) is 38.5 Å². The van der Waals surface area contributed by atoms with Gasteiger partial charge in [0.05, 0.1) is 11.1 Å². The number of piperidine rings is 1. The molecule has 1 fully saturated rings. The van der Waals surface area contributed by atoms with Crippen molar-refractivity contribution in [2.24, 2.45) is 0 Å². The average molecular weight is 469 g/mol. The Balaban J connectivity index is 1.44. The molecular weight excluding hydrogens is 445 g/mol. The number of hydrogen-bond donors (Lipinski definition) is 0. The number of hydrogen-bond acceptors (Lipinski definition) is 6.